The Morgan fingerprint density at radius 3 is 2.29 bits per heavy atom. The molecule has 0 atom stereocenters. The van der Waals surface area contributed by atoms with Crippen molar-refractivity contribution in [3.05, 3.63) is 54.6 Å². The summed E-state index contributed by atoms with van der Waals surface area (Å²) in [6.07, 6.45) is 0. The van der Waals surface area contributed by atoms with Gasteiger partial charge in [0, 0.05) is 5.56 Å². The maximum Gasteiger partial charge on any atom is 0.311 e. The molecule has 4 nitrogen and oxygen atoms in total. The summed E-state index contributed by atoms with van der Waals surface area (Å²) in [5, 5.41) is 0. The first-order valence-electron chi connectivity index (χ1n) is 8.01. The summed E-state index contributed by atoms with van der Waals surface area (Å²) in [5.74, 6) is 0.525. The van der Waals surface area contributed by atoms with Crippen molar-refractivity contribution in [2.24, 2.45) is 5.41 Å². The van der Waals surface area contributed by atoms with Crippen LogP contribution in [0, 0.1) is 5.41 Å². The molecule has 0 heterocycles. The molecule has 4 heteroatoms. The molecule has 0 fully saturated rings. The third-order valence-electron chi connectivity index (χ3n) is 3.34. The van der Waals surface area contributed by atoms with Crippen molar-refractivity contribution in [1.82, 2.24) is 0 Å². The van der Waals surface area contributed by atoms with Crippen LogP contribution < -0.4 is 4.74 Å². The van der Waals surface area contributed by atoms with Crippen LogP contribution in [0.25, 0.3) is 11.1 Å². The molecule has 0 radical (unpaired) electrons. The molecule has 0 unspecified atom stereocenters. The van der Waals surface area contributed by atoms with Gasteiger partial charge in [0.05, 0.1) is 12.0 Å². The Morgan fingerprint density at radius 2 is 1.58 bits per heavy atom. The van der Waals surface area contributed by atoms with Crippen LogP contribution in [0.15, 0.2) is 54.6 Å². The quantitative estimate of drug-likeness (QED) is 0.432. The molecular weight excluding hydrogens is 304 g/mol. The number of para-hydroxylation sites is 1. The zero-order valence-corrected chi connectivity index (χ0v) is 14.5. The van der Waals surface area contributed by atoms with Gasteiger partial charge in [-0.15, -0.1) is 0 Å². The molecule has 0 aliphatic rings. The average molecular weight is 328 g/mol. The summed E-state index contributed by atoms with van der Waals surface area (Å²) in [6, 6.07) is 17.9. The number of hydrogen-bond acceptors (Lipinski definition) is 4. The van der Waals surface area contributed by atoms with E-state index in [0.29, 0.717) is 6.61 Å². The van der Waals surface area contributed by atoms with Gasteiger partial charge in [-0.3, -0.25) is 4.79 Å². The number of rotatable bonds is 7. The first kappa shape index (κ1) is 18.0. The minimum Gasteiger partial charge on any atom is -0.467 e. The van der Waals surface area contributed by atoms with Gasteiger partial charge >= 0.3 is 5.97 Å². The fraction of sp³-hybridized carbons (Fsp3) is 0.350. The highest BCUT2D eigenvalue weighted by Crippen LogP contribution is 2.29. The molecule has 0 spiro atoms. The lowest BCUT2D eigenvalue weighted by molar-refractivity contribution is -0.155. The highest BCUT2D eigenvalue weighted by atomic mass is 16.7. The zero-order valence-electron chi connectivity index (χ0n) is 14.5. The first-order chi connectivity index (χ1) is 11.5. The Hall–Kier alpha value is -2.33. The van der Waals surface area contributed by atoms with E-state index in [1.807, 2.05) is 75.4 Å². The molecule has 2 aromatic rings. The molecule has 0 aliphatic carbocycles. The summed E-state index contributed by atoms with van der Waals surface area (Å²) in [7, 11) is 0. The molecule has 128 valence electrons. The second-order valence-electron chi connectivity index (χ2n) is 6.42. The van der Waals surface area contributed by atoms with Crippen LogP contribution in [0.5, 0.6) is 5.75 Å². The van der Waals surface area contributed by atoms with Crippen molar-refractivity contribution in [3.8, 4) is 16.9 Å². The van der Waals surface area contributed by atoms with E-state index in [-0.39, 0.29) is 19.4 Å². The zero-order chi connectivity index (χ0) is 17.4. The van der Waals surface area contributed by atoms with E-state index in [9.17, 15) is 4.79 Å². The maximum absolute atomic E-state index is 11.6. The molecule has 0 bridgehead atoms. The maximum atomic E-state index is 11.6. The molecule has 0 saturated heterocycles. The van der Waals surface area contributed by atoms with Gasteiger partial charge in [-0.05, 0) is 32.4 Å². The van der Waals surface area contributed by atoms with E-state index in [0.717, 1.165) is 16.9 Å². The highest BCUT2D eigenvalue weighted by Gasteiger charge is 2.22. The first-order valence-corrected chi connectivity index (χ1v) is 8.01. The van der Waals surface area contributed by atoms with Crippen molar-refractivity contribution in [2.45, 2.75) is 20.8 Å². The second kappa shape index (κ2) is 8.50. The van der Waals surface area contributed by atoms with E-state index in [1.54, 1.807) is 0 Å². The third-order valence-corrected chi connectivity index (χ3v) is 3.34. The topological polar surface area (TPSA) is 44.8 Å². The summed E-state index contributed by atoms with van der Waals surface area (Å²) in [6.45, 7) is 6.09. The summed E-state index contributed by atoms with van der Waals surface area (Å²) in [4.78, 5) is 11.6. The lowest BCUT2D eigenvalue weighted by atomic mass is 9.97. The molecule has 0 aliphatic heterocycles. The Balaban J connectivity index is 1.79. The molecule has 2 rings (SSSR count). The largest absolute Gasteiger partial charge is 0.467 e. The van der Waals surface area contributed by atoms with Crippen LogP contribution >= 0.6 is 0 Å². The summed E-state index contributed by atoms with van der Waals surface area (Å²) < 4.78 is 16.2. The standard InChI is InChI=1S/C20H24O4/c1-20(2,3)19(21)23-14-13-22-15-24-18-12-8-7-11-17(18)16-9-5-4-6-10-16/h4-12H,13-15H2,1-3H3. The molecule has 0 saturated carbocycles. The Bertz CT molecular complexity index is 644. The predicted octanol–water partition coefficient (Wildman–Crippen LogP) is 4.30. The molecule has 0 N–H and O–H groups in total. The third kappa shape index (κ3) is 5.39. The monoisotopic (exact) mass is 328 g/mol. The lowest BCUT2D eigenvalue weighted by Gasteiger charge is -2.16. The number of benzene rings is 2. The Morgan fingerprint density at radius 1 is 0.917 bits per heavy atom. The fourth-order valence-electron chi connectivity index (χ4n) is 2.02. The molecule has 24 heavy (non-hydrogen) atoms. The van der Waals surface area contributed by atoms with Crippen LogP contribution in [0.4, 0.5) is 0 Å². The van der Waals surface area contributed by atoms with Crippen LogP contribution in [0.2, 0.25) is 0 Å². The average Bonchev–Trinajstić information content (AvgIpc) is 2.58. The van der Waals surface area contributed by atoms with Gasteiger partial charge in [-0.1, -0.05) is 48.5 Å². The number of esters is 1. The van der Waals surface area contributed by atoms with Crippen molar-refractivity contribution in [2.75, 3.05) is 20.0 Å². The van der Waals surface area contributed by atoms with Gasteiger partial charge in [0.1, 0.15) is 12.4 Å². The number of ether oxygens (including phenoxy) is 3. The van der Waals surface area contributed by atoms with E-state index in [1.165, 1.54) is 0 Å². The minimum absolute atomic E-state index is 0.108. The fourth-order valence-corrected chi connectivity index (χ4v) is 2.02. The van der Waals surface area contributed by atoms with Crippen LogP contribution in [0.1, 0.15) is 20.8 Å². The van der Waals surface area contributed by atoms with Crippen LogP contribution in [-0.4, -0.2) is 26.0 Å². The normalized spacial score (nSPS) is 11.1. The van der Waals surface area contributed by atoms with Gasteiger partial charge in [0.25, 0.3) is 0 Å². The molecule has 0 aromatic heterocycles. The Labute approximate surface area is 143 Å². The van der Waals surface area contributed by atoms with Gasteiger partial charge in [-0.2, -0.15) is 0 Å². The van der Waals surface area contributed by atoms with Crippen molar-refractivity contribution < 1.29 is 19.0 Å². The van der Waals surface area contributed by atoms with Crippen LogP contribution in [0.3, 0.4) is 0 Å². The lowest BCUT2D eigenvalue weighted by Crippen LogP contribution is -2.24. The molecule has 0 amide bonds. The van der Waals surface area contributed by atoms with E-state index < -0.39 is 5.41 Å². The van der Waals surface area contributed by atoms with Crippen LogP contribution in [-0.2, 0) is 14.3 Å². The summed E-state index contributed by atoms with van der Waals surface area (Å²) >= 11 is 0. The van der Waals surface area contributed by atoms with Crippen molar-refractivity contribution in [3.63, 3.8) is 0 Å². The Kier molecular flexibility index (Phi) is 6.38. The van der Waals surface area contributed by atoms with Gasteiger partial charge in [0.2, 0.25) is 0 Å². The van der Waals surface area contributed by atoms with Crippen molar-refractivity contribution in [1.29, 1.82) is 0 Å². The second-order valence-corrected chi connectivity index (χ2v) is 6.42. The predicted molar refractivity (Wildman–Crippen MR) is 93.7 cm³/mol. The molecule has 2 aromatic carbocycles. The van der Waals surface area contributed by atoms with E-state index in [2.05, 4.69) is 0 Å². The van der Waals surface area contributed by atoms with E-state index >= 15 is 0 Å². The highest BCUT2D eigenvalue weighted by molar-refractivity contribution is 5.75. The number of hydrogen-bond donors (Lipinski definition) is 0. The van der Waals surface area contributed by atoms with Crippen molar-refractivity contribution >= 4 is 5.97 Å². The minimum atomic E-state index is -0.495. The smallest absolute Gasteiger partial charge is 0.311 e. The van der Waals surface area contributed by atoms with Gasteiger partial charge < -0.3 is 14.2 Å². The van der Waals surface area contributed by atoms with E-state index in [4.69, 9.17) is 14.2 Å². The summed E-state index contributed by atoms with van der Waals surface area (Å²) in [5.41, 5.74) is 1.61. The molecular formula is C20H24O4. The number of carbonyl (C=O) groups excluding carboxylic acids is 1. The SMILES string of the molecule is CC(C)(C)C(=O)OCCOCOc1ccccc1-c1ccccc1. The van der Waals surface area contributed by atoms with Gasteiger partial charge in [-0.25, -0.2) is 0 Å². The number of carbonyl (C=O) groups is 1. The van der Waals surface area contributed by atoms with Gasteiger partial charge in [0.15, 0.2) is 6.79 Å².